The van der Waals surface area contributed by atoms with Crippen molar-refractivity contribution in [3.63, 3.8) is 0 Å². The maximum atomic E-state index is 13.0. The molecule has 0 N–H and O–H groups in total. The van der Waals surface area contributed by atoms with E-state index in [4.69, 9.17) is 14.2 Å². The lowest BCUT2D eigenvalue weighted by atomic mass is 10.1. The van der Waals surface area contributed by atoms with Gasteiger partial charge < -0.3 is 14.2 Å². The number of allylic oxidation sites excluding steroid dienone is 26. The van der Waals surface area contributed by atoms with E-state index in [0.717, 1.165) is 154 Å². The van der Waals surface area contributed by atoms with Crippen LogP contribution in [0.4, 0.5) is 0 Å². The van der Waals surface area contributed by atoms with Crippen molar-refractivity contribution in [2.24, 2.45) is 0 Å². The lowest BCUT2D eigenvalue weighted by molar-refractivity contribution is -0.167. The van der Waals surface area contributed by atoms with Crippen molar-refractivity contribution >= 4 is 17.9 Å². The van der Waals surface area contributed by atoms with Gasteiger partial charge in [0.15, 0.2) is 6.10 Å². The molecule has 0 aliphatic carbocycles. The van der Waals surface area contributed by atoms with Crippen LogP contribution in [0.1, 0.15) is 290 Å². The van der Waals surface area contributed by atoms with Crippen LogP contribution in [-0.2, 0) is 28.6 Å². The van der Waals surface area contributed by atoms with Gasteiger partial charge in [0.05, 0.1) is 0 Å². The van der Waals surface area contributed by atoms with E-state index in [1.807, 2.05) is 0 Å². The largest absolute Gasteiger partial charge is 0.462 e. The Labute approximate surface area is 511 Å². The molecule has 0 fully saturated rings. The Kier molecular flexibility index (Phi) is 65.4. The van der Waals surface area contributed by atoms with Crippen LogP contribution in [0.5, 0.6) is 0 Å². The predicted octanol–water partition coefficient (Wildman–Crippen LogP) is 23.7. The molecular formula is C77H124O6. The van der Waals surface area contributed by atoms with E-state index in [-0.39, 0.29) is 31.1 Å². The van der Waals surface area contributed by atoms with Crippen LogP contribution in [0.2, 0.25) is 0 Å². The molecule has 0 aromatic carbocycles. The summed E-state index contributed by atoms with van der Waals surface area (Å²) in [5.74, 6) is -0.949. The predicted molar refractivity (Wildman–Crippen MR) is 362 cm³/mol. The average Bonchev–Trinajstić information content (AvgIpc) is 3.49. The van der Waals surface area contributed by atoms with Gasteiger partial charge in [0.25, 0.3) is 0 Å². The SMILES string of the molecule is CC/C=C\C/C=C\C/C=C\C/C=C\C/C=C\C/C=C\C/C=C\CCCCCC(=O)OCC(COC(=O)CCCCCCCCC/C=C\CCCCCCCC)OC(=O)CCCCCCCCC/C=C\C/C=C\C/C=C\C/C=C\C/C=C\CC. The minimum atomic E-state index is -0.810. The second kappa shape index (κ2) is 69.5. The van der Waals surface area contributed by atoms with Crippen LogP contribution in [0.25, 0.3) is 0 Å². The molecule has 1 unspecified atom stereocenters. The number of hydrogen-bond donors (Lipinski definition) is 0. The molecule has 0 amide bonds. The van der Waals surface area contributed by atoms with Crippen molar-refractivity contribution < 1.29 is 28.6 Å². The van der Waals surface area contributed by atoms with Crippen LogP contribution < -0.4 is 0 Å². The third kappa shape index (κ3) is 67.7. The fraction of sp³-hybridized carbons (Fsp3) is 0.623. The summed E-state index contributed by atoms with van der Waals surface area (Å²) in [5, 5.41) is 0. The third-order valence-electron chi connectivity index (χ3n) is 14.0. The highest BCUT2D eigenvalue weighted by Gasteiger charge is 2.19. The van der Waals surface area contributed by atoms with Crippen LogP contribution in [0, 0.1) is 0 Å². The van der Waals surface area contributed by atoms with Crippen molar-refractivity contribution in [1.82, 2.24) is 0 Å². The number of carbonyl (C=O) groups excluding carboxylic acids is 3. The van der Waals surface area contributed by atoms with E-state index in [1.54, 1.807) is 0 Å². The molecule has 0 aliphatic heterocycles. The summed E-state index contributed by atoms with van der Waals surface area (Å²) in [4.78, 5) is 38.5. The first kappa shape index (κ1) is 78.0. The number of esters is 3. The Morgan fingerprint density at radius 1 is 0.253 bits per heavy atom. The lowest BCUT2D eigenvalue weighted by Gasteiger charge is -2.18. The van der Waals surface area contributed by atoms with Gasteiger partial charge in [0.1, 0.15) is 13.2 Å². The fourth-order valence-corrected chi connectivity index (χ4v) is 8.97. The van der Waals surface area contributed by atoms with Crippen molar-refractivity contribution in [1.29, 1.82) is 0 Å². The average molecular weight is 1150 g/mol. The van der Waals surface area contributed by atoms with E-state index in [1.165, 1.54) is 96.3 Å². The molecule has 0 aliphatic rings. The van der Waals surface area contributed by atoms with Crippen molar-refractivity contribution in [2.75, 3.05) is 13.2 Å². The number of hydrogen-bond acceptors (Lipinski definition) is 6. The van der Waals surface area contributed by atoms with E-state index >= 15 is 0 Å². The van der Waals surface area contributed by atoms with Crippen molar-refractivity contribution in [3.8, 4) is 0 Å². The first-order valence-electron chi connectivity index (χ1n) is 34.0. The van der Waals surface area contributed by atoms with E-state index in [2.05, 4.69) is 179 Å². The Morgan fingerprint density at radius 2 is 0.470 bits per heavy atom. The number of unbranched alkanes of at least 4 members (excludes halogenated alkanes) is 23. The minimum Gasteiger partial charge on any atom is -0.462 e. The van der Waals surface area contributed by atoms with Gasteiger partial charge in [0.2, 0.25) is 0 Å². The maximum absolute atomic E-state index is 13.0. The van der Waals surface area contributed by atoms with Crippen molar-refractivity contribution in [3.05, 3.63) is 158 Å². The monoisotopic (exact) mass is 1140 g/mol. The quantitative estimate of drug-likeness (QED) is 0.0261. The highest BCUT2D eigenvalue weighted by Crippen LogP contribution is 2.15. The first-order chi connectivity index (χ1) is 41.0. The molecule has 6 heteroatoms. The zero-order chi connectivity index (χ0) is 59.9. The summed E-state index contributed by atoms with van der Waals surface area (Å²) in [5.41, 5.74) is 0. The number of ether oxygens (including phenoxy) is 3. The second-order valence-corrected chi connectivity index (χ2v) is 22.0. The molecule has 0 radical (unpaired) electrons. The first-order valence-corrected chi connectivity index (χ1v) is 34.0. The maximum Gasteiger partial charge on any atom is 0.306 e. The molecule has 1 atom stereocenters. The molecule has 0 saturated heterocycles. The molecule has 0 bridgehead atoms. The zero-order valence-corrected chi connectivity index (χ0v) is 53.7. The summed E-state index contributed by atoms with van der Waals surface area (Å²) in [6, 6.07) is 0. The fourth-order valence-electron chi connectivity index (χ4n) is 8.97. The van der Waals surface area contributed by atoms with Gasteiger partial charge in [0, 0.05) is 19.3 Å². The normalized spacial score (nSPS) is 13.1. The summed E-state index contributed by atoms with van der Waals surface area (Å²) in [6.45, 7) is 6.38. The Morgan fingerprint density at radius 3 is 0.759 bits per heavy atom. The molecule has 0 aromatic heterocycles. The minimum absolute atomic E-state index is 0.101. The summed E-state index contributed by atoms with van der Waals surface area (Å²) >= 11 is 0. The van der Waals surface area contributed by atoms with Crippen LogP contribution >= 0.6 is 0 Å². The summed E-state index contributed by atoms with van der Waals surface area (Å²) in [6.07, 6.45) is 101. The van der Waals surface area contributed by atoms with Gasteiger partial charge in [-0.1, -0.05) is 281 Å². The Balaban J connectivity index is 4.51. The van der Waals surface area contributed by atoms with Gasteiger partial charge in [-0.25, -0.2) is 0 Å². The lowest BCUT2D eigenvalue weighted by Crippen LogP contribution is -2.30. The summed E-state index contributed by atoms with van der Waals surface area (Å²) < 4.78 is 16.9. The van der Waals surface area contributed by atoms with Gasteiger partial charge in [-0.15, -0.1) is 0 Å². The molecule has 83 heavy (non-hydrogen) atoms. The zero-order valence-electron chi connectivity index (χ0n) is 53.7. The molecule has 0 aromatic rings. The summed E-state index contributed by atoms with van der Waals surface area (Å²) in [7, 11) is 0. The number of carbonyl (C=O) groups is 3. The smallest absolute Gasteiger partial charge is 0.306 e. The van der Waals surface area contributed by atoms with Gasteiger partial charge >= 0.3 is 17.9 Å². The highest BCUT2D eigenvalue weighted by atomic mass is 16.6. The standard InChI is InChI=1S/C77H124O6/c1-4-7-10-13-16-19-22-25-28-31-33-35-37-38-40-41-43-46-49-52-55-58-61-64-67-70-76(79)82-73-74(72-81-75(78)69-66-63-60-57-54-51-48-45-30-27-24-21-18-15-12-9-6-3)83-77(80)71-68-65-62-59-56-53-50-47-44-42-39-36-34-32-29-26-23-20-17-14-11-8-5-2/h7-8,10-11,16-17,19-20,25-30,33-36,38,40,42-44,46,52,55,74H,4-6,9,12-15,18,21-24,31-32,37,39,41,45,47-51,53-54,56-73H2,1-3H3/b10-7-,11-8-,19-16-,20-17-,28-25-,29-26-,30-27-,35-33-,36-34-,40-38-,44-42-,46-43-,55-52-. The number of rotatable bonds is 60. The molecule has 0 saturated carbocycles. The molecule has 0 heterocycles. The molecule has 0 spiro atoms. The van der Waals surface area contributed by atoms with Gasteiger partial charge in [-0.2, -0.15) is 0 Å². The van der Waals surface area contributed by atoms with Crippen molar-refractivity contribution in [2.45, 2.75) is 297 Å². The van der Waals surface area contributed by atoms with Crippen LogP contribution in [0.15, 0.2) is 158 Å². The second-order valence-electron chi connectivity index (χ2n) is 22.0. The molecule has 6 nitrogen and oxygen atoms in total. The van der Waals surface area contributed by atoms with Crippen LogP contribution in [-0.4, -0.2) is 37.2 Å². The highest BCUT2D eigenvalue weighted by molar-refractivity contribution is 5.71. The molecule has 468 valence electrons. The van der Waals surface area contributed by atoms with E-state index in [9.17, 15) is 14.4 Å². The topological polar surface area (TPSA) is 78.9 Å². The Hall–Kier alpha value is -4.97. The van der Waals surface area contributed by atoms with E-state index < -0.39 is 6.10 Å². The third-order valence-corrected chi connectivity index (χ3v) is 14.0. The van der Waals surface area contributed by atoms with Gasteiger partial charge in [-0.05, 0) is 148 Å². The van der Waals surface area contributed by atoms with Gasteiger partial charge in [-0.3, -0.25) is 14.4 Å². The molecule has 0 rings (SSSR count). The molecular weight excluding hydrogens is 1020 g/mol. The van der Waals surface area contributed by atoms with E-state index in [0.29, 0.717) is 19.3 Å². The van der Waals surface area contributed by atoms with Crippen LogP contribution in [0.3, 0.4) is 0 Å². The Bertz CT molecular complexity index is 1840.